The number of Topliss-reactive ketones (excluding diaryl/α,β-unsaturated/α-hetero) is 1. The summed E-state index contributed by atoms with van der Waals surface area (Å²) in [5.74, 6) is -0.0394. The minimum atomic E-state index is -0.0394. The largest absolute Gasteiger partial charge is 0.398 e. The van der Waals surface area contributed by atoms with Crippen molar-refractivity contribution >= 4 is 34.1 Å². The molecule has 104 valence electrons. The molecule has 3 aromatic rings. The second kappa shape index (κ2) is 5.54. The lowest BCUT2D eigenvalue weighted by molar-refractivity contribution is 0.101. The smallest absolute Gasteiger partial charge is 0.161 e. The Balaban J connectivity index is 2.03. The van der Waals surface area contributed by atoms with Crippen LogP contribution in [0.4, 0.5) is 5.69 Å². The first-order valence-corrected chi connectivity index (χ1v) is 7.25. The highest BCUT2D eigenvalue weighted by Crippen LogP contribution is 2.32. The molecule has 1 aromatic heterocycles. The number of para-hydroxylation sites is 1. The number of rotatable bonds is 3. The molecule has 0 fully saturated rings. The molecule has 0 atom stereocenters. The lowest BCUT2D eigenvalue weighted by atomic mass is 10.1. The third-order valence-electron chi connectivity index (χ3n) is 3.12. The first kappa shape index (κ1) is 13.6. The molecule has 0 aliphatic carbocycles. The zero-order chi connectivity index (χ0) is 14.8. The number of anilines is 1. The fourth-order valence-corrected chi connectivity index (χ4v) is 3.00. The normalized spacial score (nSPS) is 10.7. The van der Waals surface area contributed by atoms with E-state index in [1.54, 1.807) is 18.5 Å². The SMILES string of the molecule is CC(=O)c1cc(Sc2ncnc3ccccc23)ccc1N. The fourth-order valence-electron chi connectivity index (χ4n) is 2.08. The average Bonchev–Trinajstić information content (AvgIpc) is 2.49. The molecule has 5 heteroatoms. The molecule has 3 rings (SSSR count). The van der Waals surface area contributed by atoms with Gasteiger partial charge in [-0.15, -0.1) is 0 Å². The van der Waals surface area contributed by atoms with Crippen molar-refractivity contribution in [1.82, 2.24) is 9.97 Å². The summed E-state index contributed by atoms with van der Waals surface area (Å²) < 4.78 is 0. The highest BCUT2D eigenvalue weighted by molar-refractivity contribution is 7.99. The molecular weight excluding hydrogens is 282 g/mol. The van der Waals surface area contributed by atoms with Crippen LogP contribution in [0.5, 0.6) is 0 Å². The quantitative estimate of drug-likeness (QED) is 0.454. The molecular formula is C16H13N3OS. The van der Waals surface area contributed by atoms with Gasteiger partial charge in [0.1, 0.15) is 11.4 Å². The summed E-state index contributed by atoms with van der Waals surface area (Å²) in [4.78, 5) is 21.1. The maximum absolute atomic E-state index is 11.6. The number of ketones is 1. The van der Waals surface area contributed by atoms with Crippen LogP contribution in [0, 0.1) is 0 Å². The van der Waals surface area contributed by atoms with Crippen molar-refractivity contribution in [3.05, 3.63) is 54.4 Å². The predicted octanol–water partition coefficient (Wildman–Crippen LogP) is 3.57. The van der Waals surface area contributed by atoms with Crippen LogP contribution in [0.15, 0.2) is 58.7 Å². The van der Waals surface area contributed by atoms with Gasteiger partial charge in [-0.05, 0) is 31.2 Å². The number of hydrogen-bond acceptors (Lipinski definition) is 5. The van der Waals surface area contributed by atoms with Gasteiger partial charge in [0.2, 0.25) is 0 Å². The molecule has 1 heterocycles. The molecule has 0 spiro atoms. The van der Waals surface area contributed by atoms with Gasteiger partial charge in [0, 0.05) is 21.5 Å². The van der Waals surface area contributed by atoms with Gasteiger partial charge in [-0.25, -0.2) is 9.97 Å². The van der Waals surface area contributed by atoms with Gasteiger partial charge in [-0.2, -0.15) is 0 Å². The number of hydrogen-bond donors (Lipinski definition) is 1. The summed E-state index contributed by atoms with van der Waals surface area (Å²) in [6, 6.07) is 13.3. The Morgan fingerprint density at radius 1 is 1.14 bits per heavy atom. The van der Waals surface area contributed by atoms with Gasteiger partial charge < -0.3 is 5.73 Å². The van der Waals surface area contributed by atoms with E-state index in [1.807, 2.05) is 30.3 Å². The summed E-state index contributed by atoms with van der Waals surface area (Å²) in [7, 11) is 0. The zero-order valence-electron chi connectivity index (χ0n) is 11.4. The van der Waals surface area contributed by atoms with E-state index in [2.05, 4.69) is 9.97 Å². The molecule has 4 nitrogen and oxygen atoms in total. The first-order valence-electron chi connectivity index (χ1n) is 6.43. The maximum atomic E-state index is 11.6. The van der Waals surface area contributed by atoms with E-state index in [1.165, 1.54) is 18.7 Å². The number of benzene rings is 2. The van der Waals surface area contributed by atoms with Gasteiger partial charge in [0.25, 0.3) is 0 Å². The van der Waals surface area contributed by atoms with Crippen molar-refractivity contribution in [3.8, 4) is 0 Å². The average molecular weight is 295 g/mol. The molecule has 0 aliphatic heterocycles. The van der Waals surface area contributed by atoms with Crippen molar-refractivity contribution < 1.29 is 4.79 Å². The maximum Gasteiger partial charge on any atom is 0.161 e. The van der Waals surface area contributed by atoms with Crippen LogP contribution >= 0.6 is 11.8 Å². The predicted molar refractivity (Wildman–Crippen MR) is 84.5 cm³/mol. The van der Waals surface area contributed by atoms with Crippen LogP contribution in [-0.4, -0.2) is 15.8 Å². The Kier molecular flexibility index (Phi) is 3.58. The molecule has 0 aliphatic rings. The Bertz CT molecular complexity index is 827. The number of fused-ring (bicyclic) bond motifs is 1. The zero-order valence-corrected chi connectivity index (χ0v) is 12.2. The third kappa shape index (κ3) is 2.73. The van der Waals surface area contributed by atoms with E-state index in [0.717, 1.165) is 20.8 Å². The molecule has 0 amide bonds. The Morgan fingerprint density at radius 2 is 1.95 bits per heavy atom. The fraction of sp³-hybridized carbons (Fsp3) is 0.0625. The number of nitrogens with zero attached hydrogens (tertiary/aromatic N) is 2. The second-order valence-electron chi connectivity index (χ2n) is 4.60. The Labute approximate surface area is 126 Å². The van der Waals surface area contributed by atoms with Gasteiger partial charge in [0.05, 0.1) is 5.52 Å². The highest BCUT2D eigenvalue weighted by atomic mass is 32.2. The van der Waals surface area contributed by atoms with Crippen LogP contribution < -0.4 is 5.73 Å². The summed E-state index contributed by atoms with van der Waals surface area (Å²) in [6.45, 7) is 1.51. The van der Waals surface area contributed by atoms with E-state index in [0.29, 0.717) is 11.3 Å². The monoisotopic (exact) mass is 295 g/mol. The van der Waals surface area contributed by atoms with Crippen LogP contribution in [0.1, 0.15) is 17.3 Å². The highest BCUT2D eigenvalue weighted by Gasteiger charge is 2.09. The lowest BCUT2D eigenvalue weighted by Gasteiger charge is -2.07. The van der Waals surface area contributed by atoms with Gasteiger partial charge in [-0.3, -0.25) is 4.79 Å². The van der Waals surface area contributed by atoms with Crippen LogP contribution in [-0.2, 0) is 0 Å². The molecule has 0 saturated carbocycles. The van der Waals surface area contributed by atoms with Gasteiger partial charge in [0.15, 0.2) is 5.78 Å². The van der Waals surface area contributed by atoms with Crippen LogP contribution in [0.2, 0.25) is 0 Å². The Hall–Kier alpha value is -2.40. The molecule has 0 radical (unpaired) electrons. The minimum Gasteiger partial charge on any atom is -0.398 e. The third-order valence-corrected chi connectivity index (χ3v) is 4.13. The van der Waals surface area contributed by atoms with E-state index in [-0.39, 0.29) is 5.78 Å². The number of carbonyl (C=O) groups excluding carboxylic acids is 1. The molecule has 0 bridgehead atoms. The molecule has 0 unspecified atom stereocenters. The summed E-state index contributed by atoms with van der Waals surface area (Å²) >= 11 is 1.50. The lowest BCUT2D eigenvalue weighted by Crippen LogP contribution is -1.99. The minimum absolute atomic E-state index is 0.0394. The number of aromatic nitrogens is 2. The van der Waals surface area contributed by atoms with E-state index in [4.69, 9.17) is 5.73 Å². The standard InChI is InChI=1S/C16H13N3OS/c1-10(20)13-8-11(6-7-14(13)17)21-16-12-4-2-3-5-15(12)18-9-19-16/h2-9H,17H2,1H3. The molecule has 21 heavy (non-hydrogen) atoms. The van der Waals surface area contributed by atoms with Gasteiger partial charge >= 0.3 is 0 Å². The summed E-state index contributed by atoms with van der Waals surface area (Å²) in [5, 5.41) is 1.85. The van der Waals surface area contributed by atoms with Gasteiger partial charge in [-0.1, -0.05) is 30.0 Å². The summed E-state index contributed by atoms with van der Waals surface area (Å²) in [6.07, 6.45) is 1.55. The number of nitrogen functional groups attached to an aromatic ring is 1. The number of nitrogens with two attached hydrogens (primary N) is 1. The first-order chi connectivity index (χ1) is 10.1. The topological polar surface area (TPSA) is 68.9 Å². The van der Waals surface area contributed by atoms with E-state index >= 15 is 0 Å². The van der Waals surface area contributed by atoms with E-state index < -0.39 is 0 Å². The van der Waals surface area contributed by atoms with Crippen molar-refractivity contribution in [1.29, 1.82) is 0 Å². The Morgan fingerprint density at radius 3 is 2.76 bits per heavy atom. The molecule has 2 N–H and O–H groups in total. The summed E-state index contributed by atoms with van der Waals surface area (Å²) in [5.41, 5.74) is 7.76. The van der Waals surface area contributed by atoms with Crippen LogP contribution in [0.25, 0.3) is 10.9 Å². The molecule has 0 saturated heterocycles. The van der Waals surface area contributed by atoms with Crippen molar-refractivity contribution in [2.75, 3.05) is 5.73 Å². The molecule has 2 aromatic carbocycles. The number of carbonyl (C=O) groups is 1. The van der Waals surface area contributed by atoms with Crippen LogP contribution in [0.3, 0.4) is 0 Å². The second-order valence-corrected chi connectivity index (χ2v) is 5.67. The van der Waals surface area contributed by atoms with E-state index in [9.17, 15) is 4.79 Å². The van der Waals surface area contributed by atoms with Crippen molar-refractivity contribution in [3.63, 3.8) is 0 Å². The van der Waals surface area contributed by atoms with Crippen molar-refractivity contribution in [2.45, 2.75) is 16.8 Å². The van der Waals surface area contributed by atoms with Crippen molar-refractivity contribution in [2.24, 2.45) is 0 Å².